The Morgan fingerprint density at radius 3 is 1.75 bits per heavy atom. The van der Waals surface area contributed by atoms with Crippen molar-refractivity contribution in [2.45, 2.75) is 96.1 Å². The maximum absolute atomic E-state index is 12.7. The van der Waals surface area contributed by atoms with Crippen molar-refractivity contribution in [2.75, 3.05) is 0 Å². The largest absolute Gasteiger partial charge is 0.481 e. The SMILES string of the molecule is CCCCCCCCCC(CCCCC(F)(F)C(F)(F)F)C(=O)O. The number of carbonyl (C=O) groups is 1. The van der Waals surface area contributed by atoms with E-state index in [9.17, 15) is 26.7 Å². The molecule has 0 saturated heterocycles. The normalized spacial score (nSPS) is 13.9. The molecule has 144 valence electrons. The van der Waals surface area contributed by atoms with Crippen molar-refractivity contribution in [2.24, 2.45) is 5.92 Å². The standard InChI is InChI=1S/C17H29F5O2/c1-2-3-4-5-6-7-8-11-14(15(23)24)12-9-10-13-16(18,19)17(20,21)22/h14H,2-13H2,1H3,(H,23,24). The van der Waals surface area contributed by atoms with Gasteiger partial charge in [0.25, 0.3) is 0 Å². The molecule has 24 heavy (non-hydrogen) atoms. The number of unbranched alkanes of at least 4 members (excludes halogenated alkanes) is 7. The first-order chi connectivity index (χ1) is 11.1. The van der Waals surface area contributed by atoms with Crippen LogP contribution in [-0.4, -0.2) is 23.2 Å². The van der Waals surface area contributed by atoms with Gasteiger partial charge in [-0.25, -0.2) is 0 Å². The monoisotopic (exact) mass is 360 g/mol. The first kappa shape index (κ1) is 23.1. The highest BCUT2D eigenvalue weighted by Gasteiger charge is 2.56. The molecule has 0 heterocycles. The van der Waals surface area contributed by atoms with Crippen LogP contribution in [-0.2, 0) is 4.79 Å². The molecule has 0 rings (SSSR count). The van der Waals surface area contributed by atoms with Crippen molar-refractivity contribution in [1.29, 1.82) is 0 Å². The number of hydrogen-bond acceptors (Lipinski definition) is 1. The predicted molar refractivity (Wildman–Crippen MR) is 83.2 cm³/mol. The summed E-state index contributed by atoms with van der Waals surface area (Å²) in [5, 5.41) is 9.11. The highest BCUT2D eigenvalue weighted by atomic mass is 19.4. The summed E-state index contributed by atoms with van der Waals surface area (Å²) in [5.74, 6) is -6.34. The van der Waals surface area contributed by atoms with Gasteiger partial charge in [-0.3, -0.25) is 4.79 Å². The zero-order chi connectivity index (χ0) is 18.6. The average molecular weight is 360 g/mol. The lowest BCUT2D eigenvalue weighted by molar-refractivity contribution is -0.284. The van der Waals surface area contributed by atoms with Crippen molar-refractivity contribution in [3.05, 3.63) is 0 Å². The van der Waals surface area contributed by atoms with E-state index in [4.69, 9.17) is 5.11 Å². The lowest BCUT2D eigenvalue weighted by Gasteiger charge is -2.19. The van der Waals surface area contributed by atoms with Crippen LogP contribution in [0.25, 0.3) is 0 Å². The van der Waals surface area contributed by atoms with Gasteiger partial charge in [-0.2, -0.15) is 22.0 Å². The molecule has 2 nitrogen and oxygen atoms in total. The van der Waals surface area contributed by atoms with Crippen molar-refractivity contribution in [3.8, 4) is 0 Å². The summed E-state index contributed by atoms with van der Waals surface area (Å²) in [7, 11) is 0. The molecule has 1 atom stereocenters. The van der Waals surface area contributed by atoms with Gasteiger partial charge in [0.2, 0.25) is 0 Å². The number of carboxylic acid groups (broad SMARTS) is 1. The van der Waals surface area contributed by atoms with E-state index in [0.717, 1.165) is 32.1 Å². The third-order valence-corrected chi connectivity index (χ3v) is 4.21. The van der Waals surface area contributed by atoms with E-state index in [2.05, 4.69) is 6.92 Å². The van der Waals surface area contributed by atoms with Crippen molar-refractivity contribution in [1.82, 2.24) is 0 Å². The predicted octanol–water partition coefficient (Wildman–Crippen LogP) is 6.59. The van der Waals surface area contributed by atoms with Crippen molar-refractivity contribution >= 4 is 5.97 Å². The minimum absolute atomic E-state index is 0.0686. The molecule has 0 aliphatic rings. The van der Waals surface area contributed by atoms with Gasteiger partial charge in [-0.1, -0.05) is 58.3 Å². The summed E-state index contributed by atoms with van der Waals surface area (Å²) >= 11 is 0. The molecule has 0 aromatic rings. The first-order valence-electron chi connectivity index (χ1n) is 8.79. The van der Waals surface area contributed by atoms with Gasteiger partial charge in [0.15, 0.2) is 0 Å². The van der Waals surface area contributed by atoms with Crippen molar-refractivity contribution < 1.29 is 31.9 Å². The van der Waals surface area contributed by atoms with Gasteiger partial charge in [0.05, 0.1) is 5.92 Å². The van der Waals surface area contributed by atoms with Crippen LogP contribution in [0, 0.1) is 5.92 Å². The number of rotatable bonds is 14. The van der Waals surface area contributed by atoms with E-state index in [-0.39, 0.29) is 19.3 Å². The Bertz CT molecular complexity index is 342. The zero-order valence-electron chi connectivity index (χ0n) is 14.3. The maximum atomic E-state index is 12.7. The molecule has 0 aromatic carbocycles. The average Bonchev–Trinajstić information content (AvgIpc) is 2.46. The molecule has 1 N–H and O–H groups in total. The number of aliphatic carboxylic acids is 1. The van der Waals surface area contributed by atoms with E-state index in [1.807, 2.05) is 0 Å². The van der Waals surface area contributed by atoms with Crippen LogP contribution in [0.15, 0.2) is 0 Å². The Balaban J connectivity index is 3.91. The molecule has 0 radical (unpaired) electrons. The molecular weight excluding hydrogens is 331 g/mol. The highest BCUT2D eigenvalue weighted by Crippen LogP contribution is 2.39. The lowest BCUT2D eigenvalue weighted by Crippen LogP contribution is -2.36. The number of hydrogen-bond donors (Lipinski definition) is 1. The van der Waals surface area contributed by atoms with Crippen LogP contribution in [0.2, 0.25) is 0 Å². The van der Waals surface area contributed by atoms with E-state index in [1.54, 1.807) is 0 Å². The smallest absolute Gasteiger partial charge is 0.453 e. The van der Waals surface area contributed by atoms with Crippen LogP contribution in [0.3, 0.4) is 0 Å². The fourth-order valence-electron chi connectivity index (χ4n) is 2.62. The topological polar surface area (TPSA) is 37.3 Å². The minimum atomic E-state index is -5.53. The molecule has 0 spiro atoms. The fraction of sp³-hybridized carbons (Fsp3) is 0.941. The Kier molecular flexibility index (Phi) is 11.2. The van der Waals surface area contributed by atoms with E-state index in [1.165, 1.54) is 12.8 Å². The number of carboxylic acids is 1. The summed E-state index contributed by atoms with van der Waals surface area (Å²) in [4.78, 5) is 11.1. The molecule has 0 bridgehead atoms. The quantitative estimate of drug-likeness (QED) is 0.280. The third kappa shape index (κ3) is 10.1. The van der Waals surface area contributed by atoms with Crippen LogP contribution >= 0.6 is 0 Å². The molecule has 0 fully saturated rings. The first-order valence-corrected chi connectivity index (χ1v) is 8.79. The molecule has 0 aliphatic heterocycles. The minimum Gasteiger partial charge on any atom is -0.481 e. The van der Waals surface area contributed by atoms with Gasteiger partial charge in [-0.15, -0.1) is 0 Å². The molecule has 0 amide bonds. The second-order valence-electron chi connectivity index (χ2n) is 6.39. The van der Waals surface area contributed by atoms with E-state index in [0.29, 0.717) is 6.42 Å². The molecule has 7 heteroatoms. The van der Waals surface area contributed by atoms with Gasteiger partial charge in [0, 0.05) is 6.42 Å². The summed E-state index contributed by atoms with van der Waals surface area (Å²) in [6, 6.07) is 0. The second-order valence-corrected chi connectivity index (χ2v) is 6.39. The lowest BCUT2D eigenvalue weighted by atomic mass is 9.94. The van der Waals surface area contributed by atoms with E-state index < -0.39 is 30.4 Å². The number of alkyl halides is 5. The summed E-state index contributed by atoms with van der Waals surface area (Å²) in [5.41, 5.74) is 0. The third-order valence-electron chi connectivity index (χ3n) is 4.21. The molecule has 0 aliphatic carbocycles. The Morgan fingerprint density at radius 1 is 0.833 bits per heavy atom. The summed E-state index contributed by atoms with van der Waals surface area (Å²) in [6.45, 7) is 2.13. The Labute approximate surface area is 140 Å². The van der Waals surface area contributed by atoms with Gasteiger partial charge in [0.1, 0.15) is 0 Å². The molecule has 1 unspecified atom stereocenters. The summed E-state index contributed by atoms with van der Waals surface area (Å²) in [6.07, 6.45) is 0.923. The summed E-state index contributed by atoms with van der Waals surface area (Å²) < 4.78 is 61.6. The van der Waals surface area contributed by atoms with Crippen LogP contribution in [0.4, 0.5) is 22.0 Å². The van der Waals surface area contributed by atoms with E-state index >= 15 is 0 Å². The van der Waals surface area contributed by atoms with Crippen molar-refractivity contribution in [3.63, 3.8) is 0 Å². The molecular formula is C17H29F5O2. The fourth-order valence-corrected chi connectivity index (χ4v) is 2.62. The van der Waals surface area contributed by atoms with Crippen LogP contribution in [0.1, 0.15) is 84.0 Å². The Morgan fingerprint density at radius 2 is 1.29 bits per heavy atom. The molecule has 0 saturated carbocycles. The van der Waals surface area contributed by atoms with Gasteiger partial charge in [-0.05, 0) is 19.3 Å². The number of halogens is 5. The Hall–Kier alpha value is -0.880. The van der Waals surface area contributed by atoms with Crippen LogP contribution in [0.5, 0.6) is 0 Å². The second kappa shape index (κ2) is 11.6. The van der Waals surface area contributed by atoms with Gasteiger partial charge >= 0.3 is 18.1 Å². The maximum Gasteiger partial charge on any atom is 0.453 e. The van der Waals surface area contributed by atoms with Gasteiger partial charge < -0.3 is 5.11 Å². The zero-order valence-corrected chi connectivity index (χ0v) is 14.3. The molecule has 0 aromatic heterocycles. The highest BCUT2D eigenvalue weighted by molar-refractivity contribution is 5.69. The van der Waals surface area contributed by atoms with Crippen LogP contribution < -0.4 is 0 Å².